The average molecular weight is 426 g/mol. The number of pyridine rings is 1. The van der Waals surface area contributed by atoms with Gasteiger partial charge < -0.3 is 24.7 Å². The van der Waals surface area contributed by atoms with Gasteiger partial charge in [0.25, 0.3) is 5.56 Å². The van der Waals surface area contributed by atoms with Crippen LogP contribution < -0.4 is 20.3 Å². The van der Waals surface area contributed by atoms with Crippen molar-refractivity contribution in [3.63, 3.8) is 0 Å². The van der Waals surface area contributed by atoms with Crippen molar-refractivity contribution in [1.29, 1.82) is 0 Å². The Hall–Kier alpha value is -3.06. The van der Waals surface area contributed by atoms with Gasteiger partial charge in [-0.2, -0.15) is 0 Å². The molecule has 0 aliphatic heterocycles. The van der Waals surface area contributed by atoms with Crippen LogP contribution in [0, 0.1) is 0 Å². The van der Waals surface area contributed by atoms with Gasteiger partial charge in [-0.05, 0) is 60.6 Å². The van der Waals surface area contributed by atoms with Crippen LogP contribution in [0.3, 0.4) is 0 Å². The first-order chi connectivity index (χ1) is 14.5. The monoisotopic (exact) mass is 425 g/mol. The fourth-order valence-corrected chi connectivity index (χ4v) is 3.41. The number of rotatable bonds is 8. The van der Waals surface area contributed by atoms with E-state index in [-0.39, 0.29) is 5.56 Å². The van der Waals surface area contributed by atoms with Crippen LogP contribution in [0.5, 0.6) is 11.5 Å². The maximum Gasteiger partial charge on any atom is 0.253 e. The van der Waals surface area contributed by atoms with Crippen LogP contribution in [0.15, 0.2) is 53.3 Å². The van der Waals surface area contributed by atoms with E-state index in [1.165, 1.54) is 0 Å². The van der Waals surface area contributed by atoms with E-state index in [9.17, 15) is 4.79 Å². The normalized spacial score (nSPS) is 10.6. The molecule has 0 radical (unpaired) electrons. The maximum atomic E-state index is 12.7. The molecule has 3 aromatic rings. The number of hydrogen-bond acceptors (Lipinski definition) is 4. The van der Waals surface area contributed by atoms with Gasteiger partial charge in [-0.3, -0.25) is 4.79 Å². The van der Waals surface area contributed by atoms with Crippen molar-refractivity contribution in [2.75, 3.05) is 20.8 Å². The molecule has 0 aliphatic carbocycles. The smallest absolute Gasteiger partial charge is 0.253 e. The van der Waals surface area contributed by atoms with Crippen LogP contribution in [-0.2, 0) is 13.1 Å². The molecule has 0 unspecified atom stereocenters. The highest BCUT2D eigenvalue weighted by Gasteiger charge is 2.14. The molecule has 0 amide bonds. The van der Waals surface area contributed by atoms with Crippen LogP contribution in [0.2, 0.25) is 0 Å². The molecule has 0 atom stereocenters. The molecule has 2 N–H and O–H groups in total. The quantitative estimate of drug-likeness (QED) is 0.535. The first kappa shape index (κ1) is 21.6. The molecule has 0 fully saturated rings. The highest BCUT2D eigenvalue weighted by molar-refractivity contribution is 7.80. The van der Waals surface area contributed by atoms with E-state index in [4.69, 9.17) is 21.7 Å². The Kier molecular flexibility index (Phi) is 7.30. The minimum Gasteiger partial charge on any atom is -0.497 e. The number of benzene rings is 2. The summed E-state index contributed by atoms with van der Waals surface area (Å²) in [6.45, 7) is 3.84. The van der Waals surface area contributed by atoms with Gasteiger partial charge in [-0.1, -0.05) is 19.1 Å². The predicted molar refractivity (Wildman–Crippen MR) is 124 cm³/mol. The van der Waals surface area contributed by atoms with Crippen LogP contribution in [0.1, 0.15) is 24.5 Å². The summed E-state index contributed by atoms with van der Waals surface area (Å²) in [7, 11) is 3.27. The molecule has 2 aromatic carbocycles. The molecule has 0 saturated heterocycles. The number of fused-ring (bicyclic) bond motifs is 1. The zero-order chi connectivity index (χ0) is 21.5. The Balaban J connectivity index is 1.89. The second-order valence-electron chi connectivity index (χ2n) is 7.01. The minimum atomic E-state index is -0.120. The third-order valence-electron chi connectivity index (χ3n) is 4.84. The molecule has 0 aliphatic rings. The highest BCUT2D eigenvalue weighted by atomic mass is 32.1. The van der Waals surface area contributed by atoms with Crippen molar-refractivity contribution in [2.24, 2.45) is 0 Å². The average Bonchev–Trinajstić information content (AvgIpc) is 2.77. The van der Waals surface area contributed by atoms with E-state index in [0.717, 1.165) is 40.9 Å². The number of aromatic amines is 1. The van der Waals surface area contributed by atoms with E-state index in [1.807, 2.05) is 53.4 Å². The van der Waals surface area contributed by atoms with Crippen LogP contribution in [0.4, 0.5) is 0 Å². The maximum absolute atomic E-state index is 12.7. The van der Waals surface area contributed by atoms with Crippen LogP contribution in [-0.4, -0.2) is 35.8 Å². The number of hydrogen-bond donors (Lipinski definition) is 2. The Labute approximate surface area is 181 Å². The van der Waals surface area contributed by atoms with Crippen molar-refractivity contribution < 1.29 is 9.47 Å². The highest BCUT2D eigenvalue weighted by Crippen LogP contribution is 2.20. The van der Waals surface area contributed by atoms with E-state index in [1.54, 1.807) is 14.2 Å². The van der Waals surface area contributed by atoms with Gasteiger partial charge in [-0.25, -0.2) is 0 Å². The molecule has 1 aromatic heterocycles. The number of thiocarbonyl (C=S) groups is 1. The van der Waals surface area contributed by atoms with Crippen molar-refractivity contribution >= 4 is 28.2 Å². The summed E-state index contributed by atoms with van der Waals surface area (Å²) in [5, 5.41) is 4.81. The molecule has 0 spiro atoms. The molecule has 30 heavy (non-hydrogen) atoms. The van der Waals surface area contributed by atoms with E-state index < -0.39 is 0 Å². The number of aromatic nitrogens is 1. The molecular weight excluding hydrogens is 398 g/mol. The van der Waals surface area contributed by atoms with Gasteiger partial charge in [0.1, 0.15) is 11.5 Å². The van der Waals surface area contributed by atoms with Gasteiger partial charge in [0.2, 0.25) is 0 Å². The predicted octanol–water partition coefficient (Wildman–Crippen LogP) is 3.83. The summed E-state index contributed by atoms with van der Waals surface area (Å²) in [6, 6.07) is 15.3. The van der Waals surface area contributed by atoms with Gasteiger partial charge in [0.05, 0.1) is 20.8 Å². The second-order valence-corrected chi connectivity index (χ2v) is 7.40. The summed E-state index contributed by atoms with van der Waals surface area (Å²) in [4.78, 5) is 17.7. The lowest BCUT2D eigenvalue weighted by molar-refractivity contribution is 0.395. The third kappa shape index (κ3) is 5.30. The summed E-state index contributed by atoms with van der Waals surface area (Å²) >= 11 is 5.62. The number of nitrogens with one attached hydrogen (secondary N) is 2. The number of ether oxygens (including phenoxy) is 2. The van der Waals surface area contributed by atoms with Crippen LogP contribution in [0.25, 0.3) is 10.9 Å². The largest absolute Gasteiger partial charge is 0.497 e. The first-order valence-electron chi connectivity index (χ1n) is 9.89. The van der Waals surface area contributed by atoms with Gasteiger partial charge in [-0.15, -0.1) is 0 Å². The second kappa shape index (κ2) is 10.1. The van der Waals surface area contributed by atoms with Gasteiger partial charge in [0, 0.05) is 29.6 Å². The van der Waals surface area contributed by atoms with E-state index in [2.05, 4.69) is 17.2 Å². The topological polar surface area (TPSA) is 66.6 Å². The first-order valence-corrected chi connectivity index (χ1v) is 10.3. The molecule has 7 heteroatoms. The fourth-order valence-electron chi connectivity index (χ4n) is 3.17. The standard InChI is InChI=1S/C23H27N3O3S/c1-4-11-24-23(30)26(14-16-5-7-19(28-2)8-6-16)15-18-12-17-13-20(29-3)9-10-21(17)25-22(18)27/h5-10,12-13H,4,11,14-15H2,1-3H3,(H,24,30)(H,25,27). The van der Waals surface area contributed by atoms with Gasteiger partial charge in [0.15, 0.2) is 5.11 Å². The molecule has 1 heterocycles. The Bertz CT molecular complexity index is 1060. The van der Waals surface area contributed by atoms with Crippen molar-refractivity contribution in [1.82, 2.24) is 15.2 Å². The molecule has 3 rings (SSSR count). The Morgan fingerprint density at radius 2 is 1.73 bits per heavy atom. The Morgan fingerprint density at radius 3 is 2.40 bits per heavy atom. The molecule has 6 nitrogen and oxygen atoms in total. The lowest BCUT2D eigenvalue weighted by atomic mass is 10.1. The van der Waals surface area contributed by atoms with E-state index >= 15 is 0 Å². The zero-order valence-electron chi connectivity index (χ0n) is 17.5. The number of H-pyrrole nitrogens is 1. The Morgan fingerprint density at radius 1 is 1.03 bits per heavy atom. The van der Waals surface area contributed by atoms with Crippen molar-refractivity contribution in [3.8, 4) is 11.5 Å². The van der Waals surface area contributed by atoms with Crippen molar-refractivity contribution in [2.45, 2.75) is 26.4 Å². The summed E-state index contributed by atoms with van der Waals surface area (Å²) < 4.78 is 10.5. The SMILES string of the molecule is CCCNC(=S)N(Cc1ccc(OC)cc1)Cc1cc2cc(OC)ccc2[nH]c1=O. The third-order valence-corrected chi connectivity index (χ3v) is 5.24. The lowest BCUT2D eigenvalue weighted by Gasteiger charge is -2.26. The van der Waals surface area contributed by atoms with Gasteiger partial charge >= 0.3 is 0 Å². The molecule has 0 bridgehead atoms. The van der Waals surface area contributed by atoms with E-state index in [0.29, 0.717) is 23.8 Å². The summed E-state index contributed by atoms with van der Waals surface area (Å²) in [6.07, 6.45) is 0.965. The number of methoxy groups -OCH3 is 2. The van der Waals surface area contributed by atoms with Crippen LogP contribution >= 0.6 is 12.2 Å². The minimum absolute atomic E-state index is 0.120. The summed E-state index contributed by atoms with van der Waals surface area (Å²) in [5.41, 5.74) is 2.38. The fraction of sp³-hybridized carbons (Fsp3) is 0.304. The van der Waals surface area contributed by atoms with Crippen molar-refractivity contribution in [3.05, 3.63) is 70.0 Å². The summed E-state index contributed by atoms with van der Waals surface area (Å²) in [5.74, 6) is 1.55. The molecule has 0 saturated carbocycles. The molecule has 158 valence electrons. The molecular formula is C23H27N3O3S. The number of nitrogens with zero attached hydrogens (tertiary/aromatic N) is 1. The zero-order valence-corrected chi connectivity index (χ0v) is 18.3. The lowest BCUT2D eigenvalue weighted by Crippen LogP contribution is -2.40.